The molecule has 16 heavy (non-hydrogen) atoms. The summed E-state index contributed by atoms with van der Waals surface area (Å²) in [5.74, 6) is 1.67. The average molecular weight is 223 g/mol. The molecule has 2 heterocycles. The number of nitrogens with one attached hydrogen (secondary N) is 1. The van der Waals surface area contributed by atoms with Crippen LogP contribution in [0.3, 0.4) is 0 Å². The van der Waals surface area contributed by atoms with Crippen molar-refractivity contribution in [3.05, 3.63) is 24.7 Å². The second kappa shape index (κ2) is 6.33. The highest BCUT2D eigenvalue weighted by Crippen LogP contribution is 2.21. The van der Waals surface area contributed by atoms with Crippen molar-refractivity contribution < 1.29 is 4.74 Å². The first-order valence-corrected chi connectivity index (χ1v) is 5.82. The highest BCUT2D eigenvalue weighted by atomic mass is 16.5. The van der Waals surface area contributed by atoms with Gasteiger partial charge in [-0.05, 0) is 18.9 Å². The second-order valence-electron chi connectivity index (χ2n) is 3.37. The summed E-state index contributed by atoms with van der Waals surface area (Å²) >= 11 is 0. The van der Waals surface area contributed by atoms with Gasteiger partial charge in [-0.1, -0.05) is 20.4 Å². The lowest BCUT2D eigenvalue weighted by molar-refractivity contribution is 0.0226. The summed E-state index contributed by atoms with van der Waals surface area (Å²) in [5, 5.41) is 3.11. The number of rotatable bonds is 1. The minimum absolute atomic E-state index is 0.143. The monoisotopic (exact) mass is 223 g/mol. The Morgan fingerprint density at radius 2 is 2.31 bits per heavy atom. The number of aliphatic imine (C=N–C) groups is 1. The molecule has 1 fully saturated rings. The van der Waals surface area contributed by atoms with E-state index in [1.165, 1.54) is 0 Å². The van der Waals surface area contributed by atoms with E-state index in [9.17, 15) is 0 Å². The summed E-state index contributed by atoms with van der Waals surface area (Å²) in [6.07, 6.45) is 6.22. The Morgan fingerprint density at radius 1 is 1.56 bits per heavy atom. The summed E-state index contributed by atoms with van der Waals surface area (Å²) in [6, 6.07) is 0. The van der Waals surface area contributed by atoms with Crippen molar-refractivity contribution in [1.29, 1.82) is 0 Å². The van der Waals surface area contributed by atoms with Crippen LogP contribution in [0.4, 0.5) is 0 Å². The van der Waals surface area contributed by atoms with E-state index in [2.05, 4.69) is 16.9 Å². The highest BCUT2D eigenvalue weighted by molar-refractivity contribution is 5.94. The quantitative estimate of drug-likeness (QED) is 0.739. The summed E-state index contributed by atoms with van der Waals surface area (Å²) in [5.41, 5.74) is 0. The van der Waals surface area contributed by atoms with Crippen LogP contribution >= 0.6 is 0 Å². The van der Waals surface area contributed by atoms with Crippen molar-refractivity contribution in [2.24, 2.45) is 4.99 Å². The zero-order valence-electron chi connectivity index (χ0n) is 10.4. The van der Waals surface area contributed by atoms with Crippen LogP contribution in [-0.2, 0) is 4.74 Å². The molecule has 1 atom stereocenters. The molecule has 4 heteroatoms. The van der Waals surface area contributed by atoms with E-state index in [1.807, 2.05) is 31.0 Å². The molecule has 90 valence electrons. The largest absolute Gasteiger partial charge is 0.358 e. The first-order valence-electron chi connectivity index (χ1n) is 5.82. The van der Waals surface area contributed by atoms with Gasteiger partial charge in [-0.3, -0.25) is 4.99 Å². The van der Waals surface area contributed by atoms with Crippen LogP contribution in [0.2, 0.25) is 0 Å². The molecule has 2 aliphatic heterocycles. The lowest BCUT2D eigenvalue weighted by Gasteiger charge is -2.31. The molecular formula is C12H21N3O. The first-order chi connectivity index (χ1) is 7.81. The van der Waals surface area contributed by atoms with Gasteiger partial charge in [0.25, 0.3) is 0 Å². The lowest BCUT2D eigenvalue weighted by atomic mass is 10.3. The Kier molecular flexibility index (Phi) is 5.05. The van der Waals surface area contributed by atoms with E-state index >= 15 is 0 Å². The third-order valence-electron chi connectivity index (χ3n) is 2.43. The van der Waals surface area contributed by atoms with Gasteiger partial charge in [0.1, 0.15) is 17.9 Å². The van der Waals surface area contributed by atoms with Crippen LogP contribution in [0.5, 0.6) is 0 Å². The van der Waals surface area contributed by atoms with E-state index in [0.29, 0.717) is 0 Å². The van der Waals surface area contributed by atoms with E-state index in [1.54, 1.807) is 7.05 Å². The van der Waals surface area contributed by atoms with Gasteiger partial charge in [-0.25, -0.2) is 0 Å². The van der Waals surface area contributed by atoms with Gasteiger partial charge in [0.15, 0.2) is 0 Å². The Balaban J connectivity index is 0.000000606. The van der Waals surface area contributed by atoms with Gasteiger partial charge < -0.3 is 15.0 Å². The molecule has 0 aromatic carbocycles. The predicted molar refractivity (Wildman–Crippen MR) is 66.9 cm³/mol. The molecule has 0 amide bonds. The summed E-state index contributed by atoms with van der Waals surface area (Å²) in [7, 11) is 1.75. The molecule has 0 saturated carbocycles. The fourth-order valence-corrected chi connectivity index (χ4v) is 1.68. The highest BCUT2D eigenvalue weighted by Gasteiger charge is 2.24. The van der Waals surface area contributed by atoms with Crippen LogP contribution in [0, 0.1) is 0 Å². The summed E-state index contributed by atoms with van der Waals surface area (Å²) in [4.78, 5) is 6.06. The van der Waals surface area contributed by atoms with Crippen molar-refractivity contribution in [1.82, 2.24) is 10.2 Å². The van der Waals surface area contributed by atoms with Crippen molar-refractivity contribution in [3.63, 3.8) is 0 Å². The molecular weight excluding hydrogens is 202 g/mol. The average Bonchev–Trinajstić information content (AvgIpc) is 2.85. The Labute approximate surface area is 97.7 Å². The molecule has 0 spiro atoms. The van der Waals surface area contributed by atoms with Gasteiger partial charge in [0.2, 0.25) is 0 Å². The molecule has 2 rings (SSSR count). The molecule has 0 aromatic heterocycles. The van der Waals surface area contributed by atoms with Gasteiger partial charge in [0, 0.05) is 19.9 Å². The number of amidine groups is 1. The molecule has 0 aliphatic carbocycles. The standard InChI is InChI=1S/C10H15N3O.C2H6/c1-8-12-9(11-2)5-6-13(8)10-4-3-7-14-10;1-2/h5-6,10H,1,3-4,7H2,2H3,(H,11,12);1-2H3. The molecule has 4 nitrogen and oxygen atoms in total. The molecule has 2 aliphatic rings. The smallest absolute Gasteiger partial charge is 0.135 e. The van der Waals surface area contributed by atoms with E-state index in [-0.39, 0.29) is 6.23 Å². The van der Waals surface area contributed by atoms with Crippen molar-refractivity contribution in [2.75, 3.05) is 13.7 Å². The van der Waals surface area contributed by atoms with Crippen LogP contribution in [-0.4, -0.2) is 30.6 Å². The summed E-state index contributed by atoms with van der Waals surface area (Å²) < 4.78 is 5.57. The van der Waals surface area contributed by atoms with E-state index in [4.69, 9.17) is 4.74 Å². The molecule has 0 aromatic rings. The number of hydrogen-bond donors (Lipinski definition) is 1. The van der Waals surface area contributed by atoms with E-state index in [0.717, 1.165) is 31.1 Å². The fourth-order valence-electron chi connectivity index (χ4n) is 1.68. The Hall–Kier alpha value is -1.29. The first kappa shape index (κ1) is 12.8. The SMILES string of the molecule is C=C1NC(=NC)C=CN1C1CCCO1.CC. The number of hydrogen-bond acceptors (Lipinski definition) is 3. The van der Waals surface area contributed by atoms with E-state index < -0.39 is 0 Å². The maximum absolute atomic E-state index is 5.57. The van der Waals surface area contributed by atoms with Crippen molar-refractivity contribution >= 4 is 5.84 Å². The van der Waals surface area contributed by atoms with Crippen molar-refractivity contribution in [3.8, 4) is 0 Å². The van der Waals surface area contributed by atoms with Crippen LogP contribution in [0.15, 0.2) is 29.7 Å². The molecule has 0 radical (unpaired) electrons. The minimum atomic E-state index is 0.143. The van der Waals surface area contributed by atoms with Crippen LogP contribution in [0.25, 0.3) is 0 Å². The molecule has 1 unspecified atom stereocenters. The summed E-state index contributed by atoms with van der Waals surface area (Å²) in [6.45, 7) is 8.79. The molecule has 1 saturated heterocycles. The van der Waals surface area contributed by atoms with Gasteiger partial charge in [0.05, 0.1) is 0 Å². The van der Waals surface area contributed by atoms with Gasteiger partial charge in [-0.2, -0.15) is 0 Å². The van der Waals surface area contributed by atoms with Crippen molar-refractivity contribution in [2.45, 2.75) is 32.9 Å². The topological polar surface area (TPSA) is 36.9 Å². The third-order valence-corrected chi connectivity index (χ3v) is 2.43. The predicted octanol–water partition coefficient (Wildman–Crippen LogP) is 2.07. The molecule has 0 bridgehead atoms. The Morgan fingerprint density at radius 3 is 2.81 bits per heavy atom. The second-order valence-corrected chi connectivity index (χ2v) is 3.37. The molecule has 1 N–H and O–H groups in total. The van der Waals surface area contributed by atoms with Gasteiger partial charge >= 0.3 is 0 Å². The zero-order chi connectivity index (χ0) is 12.0. The third kappa shape index (κ3) is 2.85. The van der Waals surface area contributed by atoms with Gasteiger partial charge in [-0.15, -0.1) is 0 Å². The normalized spacial score (nSPS) is 26.4. The maximum atomic E-state index is 5.57. The maximum Gasteiger partial charge on any atom is 0.135 e. The Bertz CT molecular complexity index is 291. The fraction of sp³-hybridized carbons (Fsp3) is 0.583. The zero-order valence-corrected chi connectivity index (χ0v) is 10.4. The lowest BCUT2D eigenvalue weighted by Crippen LogP contribution is -2.40. The number of ether oxygens (including phenoxy) is 1. The number of nitrogens with zero attached hydrogens (tertiary/aromatic N) is 2. The van der Waals surface area contributed by atoms with Crippen LogP contribution < -0.4 is 5.32 Å². The minimum Gasteiger partial charge on any atom is -0.358 e. The van der Waals surface area contributed by atoms with Crippen LogP contribution in [0.1, 0.15) is 26.7 Å².